The number of methoxy groups -OCH3 is 1. The molecule has 128 valence electrons. The van der Waals surface area contributed by atoms with Crippen LogP contribution in [0.3, 0.4) is 0 Å². The van der Waals surface area contributed by atoms with E-state index >= 15 is 0 Å². The highest BCUT2D eigenvalue weighted by atomic mass is 35.5. The maximum Gasteiger partial charge on any atom is 0.227 e. The lowest BCUT2D eigenvalue weighted by atomic mass is 10.0. The Kier molecular flexibility index (Phi) is 6.10. The summed E-state index contributed by atoms with van der Waals surface area (Å²) < 4.78 is 5.47. The van der Waals surface area contributed by atoms with Gasteiger partial charge in [-0.05, 0) is 36.6 Å². The summed E-state index contributed by atoms with van der Waals surface area (Å²) in [6.45, 7) is 0.802. The highest BCUT2D eigenvalue weighted by molar-refractivity contribution is 5.85. The fraction of sp³-hybridized carbons (Fsp3) is 0.316. The van der Waals surface area contributed by atoms with Crippen molar-refractivity contribution < 1.29 is 9.53 Å². The van der Waals surface area contributed by atoms with Crippen LogP contribution >= 0.6 is 12.4 Å². The van der Waals surface area contributed by atoms with Gasteiger partial charge in [-0.1, -0.05) is 30.3 Å². The molecule has 1 saturated heterocycles. The molecule has 0 aromatic heterocycles. The third-order valence-corrected chi connectivity index (χ3v) is 4.41. The molecule has 24 heavy (non-hydrogen) atoms. The number of para-hydroxylation sites is 1. The summed E-state index contributed by atoms with van der Waals surface area (Å²) in [6, 6.07) is 15.6. The zero-order valence-corrected chi connectivity index (χ0v) is 14.6. The molecule has 2 aromatic carbocycles. The fourth-order valence-electron chi connectivity index (χ4n) is 3.24. The average Bonchev–Trinajstić information content (AvgIpc) is 3.06. The molecule has 1 amide bonds. The van der Waals surface area contributed by atoms with E-state index in [0.717, 1.165) is 36.3 Å². The van der Waals surface area contributed by atoms with E-state index in [1.807, 2.05) is 47.4 Å². The Morgan fingerprint density at radius 3 is 2.62 bits per heavy atom. The van der Waals surface area contributed by atoms with E-state index in [0.29, 0.717) is 12.1 Å². The third kappa shape index (κ3) is 3.82. The number of carbonyl (C=O) groups excluding carboxylic acids is 1. The van der Waals surface area contributed by atoms with Gasteiger partial charge in [0.2, 0.25) is 5.91 Å². The van der Waals surface area contributed by atoms with E-state index in [2.05, 4.69) is 6.07 Å². The van der Waals surface area contributed by atoms with E-state index in [4.69, 9.17) is 10.5 Å². The van der Waals surface area contributed by atoms with Crippen LogP contribution in [0.4, 0.5) is 5.69 Å². The standard InChI is InChI=1S/C19H22N2O2.ClH/c1-23-18-7-3-2-5-16(18)17-6-4-12-21(17)19(22)13-14-8-10-15(20)11-9-14;/h2-3,5,7-11,17H,4,6,12-13,20H2,1H3;1H. The van der Waals surface area contributed by atoms with Crippen LogP contribution in [0.2, 0.25) is 0 Å². The minimum absolute atomic E-state index is 0. The van der Waals surface area contributed by atoms with Crippen LogP contribution in [0, 0.1) is 0 Å². The number of nitrogens with zero attached hydrogens (tertiary/aromatic N) is 1. The summed E-state index contributed by atoms with van der Waals surface area (Å²) >= 11 is 0. The predicted molar refractivity (Wildman–Crippen MR) is 98.5 cm³/mol. The Bertz CT molecular complexity index is 688. The maximum atomic E-state index is 12.7. The molecule has 5 heteroatoms. The van der Waals surface area contributed by atoms with Gasteiger partial charge in [0, 0.05) is 17.8 Å². The molecule has 1 fully saturated rings. The number of carbonyl (C=O) groups is 1. The molecule has 1 aliphatic heterocycles. The van der Waals surface area contributed by atoms with Crippen LogP contribution in [0.25, 0.3) is 0 Å². The molecule has 0 aliphatic carbocycles. The lowest BCUT2D eigenvalue weighted by Crippen LogP contribution is -2.32. The molecule has 4 nitrogen and oxygen atoms in total. The molecule has 1 atom stereocenters. The SMILES string of the molecule is COc1ccccc1C1CCCN1C(=O)Cc1ccc(N)cc1.Cl. The minimum Gasteiger partial charge on any atom is -0.496 e. The van der Waals surface area contributed by atoms with E-state index in [1.54, 1.807) is 7.11 Å². The number of nitrogen functional groups attached to an aromatic ring is 1. The first-order valence-electron chi connectivity index (χ1n) is 7.96. The quantitative estimate of drug-likeness (QED) is 0.860. The minimum atomic E-state index is 0. The van der Waals surface area contributed by atoms with Crippen molar-refractivity contribution in [3.05, 3.63) is 59.7 Å². The second-order valence-electron chi connectivity index (χ2n) is 5.91. The number of hydrogen-bond donors (Lipinski definition) is 1. The topological polar surface area (TPSA) is 55.6 Å². The van der Waals surface area contributed by atoms with Crippen molar-refractivity contribution in [2.45, 2.75) is 25.3 Å². The van der Waals surface area contributed by atoms with Crippen LogP contribution in [-0.2, 0) is 11.2 Å². The number of nitrogens with two attached hydrogens (primary N) is 1. The van der Waals surface area contributed by atoms with E-state index < -0.39 is 0 Å². The van der Waals surface area contributed by atoms with Crippen molar-refractivity contribution in [1.29, 1.82) is 0 Å². The number of halogens is 1. The second-order valence-corrected chi connectivity index (χ2v) is 5.91. The van der Waals surface area contributed by atoms with Gasteiger partial charge in [-0.3, -0.25) is 4.79 Å². The summed E-state index contributed by atoms with van der Waals surface area (Å²) in [5.74, 6) is 1.01. The normalized spacial score (nSPS) is 16.5. The molecule has 0 spiro atoms. The number of anilines is 1. The van der Waals surface area contributed by atoms with Gasteiger partial charge in [-0.25, -0.2) is 0 Å². The molecule has 1 aliphatic rings. The van der Waals surface area contributed by atoms with Crippen molar-refractivity contribution in [2.75, 3.05) is 19.4 Å². The third-order valence-electron chi connectivity index (χ3n) is 4.41. The van der Waals surface area contributed by atoms with Crippen LogP contribution in [-0.4, -0.2) is 24.5 Å². The number of likely N-dealkylation sites (tertiary alicyclic amines) is 1. The summed E-state index contributed by atoms with van der Waals surface area (Å²) in [4.78, 5) is 14.7. The molecule has 0 saturated carbocycles. The fourth-order valence-corrected chi connectivity index (χ4v) is 3.24. The Morgan fingerprint density at radius 1 is 1.21 bits per heavy atom. The molecule has 2 N–H and O–H groups in total. The van der Waals surface area contributed by atoms with Crippen LogP contribution in [0.15, 0.2) is 48.5 Å². The van der Waals surface area contributed by atoms with Gasteiger partial charge in [0.25, 0.3) is 0 Å². The molecule has 2 aromatic rings. The molecular formula is C19H23ClN2O2. The molecular weight excluding hydrogens is 324 g/mol. The smallest absolute Gasteiger partial charge is 0.227 e. The van der Waals surface area contributed by atoms with Crippen molar-refractivity contribution >= 4 is 24.0 Å². The van der Waals surface area contributed by atoms with Crippen molar-refractivity contribution in [3.8, 4) is 5.75 Å². The van der Waals surface area contributed by atoms with Gasteiger partial charge >= 0.3 is 0 Å². The first kappa shape index (κ1) is 18.1. The molecule has 1 unspecified atom stereocenters. The Hall–Kier alpha value is -2.20. The van der Waals surface area contributed by atoms with Crippen LogP contribution in [0.5, 0.6) is 5.75 Å². The van der Waals surface area contributed by atoms with E-state index in [1.165, 1.54) is 0 Å². The summed E-state index contributed by atoms with van der Waals surface area (Å²) in [5.41, 5.74) is 8.51. The predicted octanol–water partition coefficient (Wildman–Crippen LogP) is 3.61. The molecule has 0 bridgehead atoms. The van der Waals surface area contributed by atoms with Crippen molar-refractivity contribution in [2.24, 2.45) is 0 Å². The first-order chi connectivity index (χ1) is 11.2. The Morgan fingerprint density at radius 2 is 1.92 bits per heavy atom. The highest BCUT2D eigenvalue weighted by Gasteiger charge is 2.31. The number of rotatable bonds is 4. The summed E-state index contributed by atoms with van der Waals surface area (Å²) in [7, 11) is 1.67. The number of amides is 1. The van der Waals surface area contributed by atoms with Gasteiger partial charge in [0.05, 0.1) is 19.6 Å². The van der Waals surface area contributed by atoms with Crippen molar-refractivity contribution in [3.63, 3.8) is 0 Å². The highest BCUT2D eigenvalue weighted by Crippen LogP contribution is 2.37. The number of ether oxygens (including phenoxy) is 1. The van der Waals surface area contributed by atoms with Gasteiger partial charge in [0.15, 0.2) is 0 Å². The zero-order chi connectivity index (χ0) is 16.2. The summed E-state index contributed by atoms with van der Waals surface area (Å²) in [6.07, 6.45) is 2.41. The van der Waals surface area contributed by atoms with E-state index in [-0.39, 0.29) is 24.4 Å². The van der Waals surface area contributed by atoms with Crippen LogP contribution in [0.1, 0.15) is 30.0 Å². The monoisotopic (exact) mass is 346 g/mol. The van der Waals surface area contributed by atoms with Crippen molar-refractivity contribution in [1.82, 2.24) is 4.90 Å². The maximum absolute atomic E-state index is 12.7. The van der Waals surface area contributed by atoms with Gasteiger partial charge in [-0.2, -0.15) is 0 Å². The van der Waals surface area contributed by atoms with Gasteiger partial charge < -0.3 is 15.4 Å². The summed E-state index contributed by atoms with van der Waals surface area (Å²) in [5, 5.41) is 0. The first-order valence-corrected chi connectivity index (χ1v) is 7.96. The molecule has 0 radical (unpaired) electrons. The van der Waals surface area contributed by atoms with E-state index in [9.17, 15) is 4.79 Å². The Labute approximate surface area is 149 Å². The zero-order valence-electron chi connectivity index (χ0n) is 13.8. The van der Waals surface area contributed by atoms with Crippen LogP contribution < -0.4 is 10.5 Å². The largest absolute Gasteiger partial charge is 0.496 e. The lowest BCUT2D eigenvalue weighted by molar-refractivity contribution is -0.131. The van der Waals surface area contributed by atoms with Gasteiger partial charge in [-0.15, -0.1) is 12.4 Å². The average molecular weight is 347 g/mol. The Balaban J connectivity index is 0.00000208. The lowest BCUT2D eigenvalue weighted by Gasteiger charge is -2.26. The second kappa shape index (κ2) is 8.06. The molecule has 1 heterocycles. The molecule has 3 rings (SSSR count). The number of benzene rings is 2. The van der Waals surface area contributed by atoms with Gasteiger partial charge in [0.1, 0.15) is 5.75 Å². The number of hydrogen-bond acceptors (Lipinski definition) is 3.